The van der Waals surface area contributed by atoms with Crippen LogP contribution < -0.4 is 4.74 Å². The molecule has 4 nitrogen and oxygen atoms in total. The van der Waals surface area contributed by atoms with Crippen LogP contribution in [-0.2, 0) is 0 Å². The van der Waals surface area contributed by atoms with Crippen molar-refractivity contribution in [1.82, 2.24) is 4.98 Å². The van der Waals surface area contributed by atoms with Crippen LogP contribution in [0.15, 0.2) is 42.5 Å². The van der Waals surface area contributed by atoms with E-state index in [-0.39, 0.29) is 11.6 Å². The van der Waals surface area contributed by atoms with Crippen LogP contribution in [0.4, 0.5) is 0 Å². The van der Waals surface area contributed by atoms with Crippen molar-refractivity contribution < 1.29 is 14.6 Å². The van der Waals surface area contributed by atoms with Crippen LogP contribution in [0, 0.1) is 6.92 Å². The number of nitrogens with zero attached hydrogens (tertiary/aromatic N) is 1. The number of carbonyl (C=O) groups is 1. The summed E-state index contributed by atoms with van der Waals surface area (Å²) >= 11 is 0. The summed E-state index contributed by atoms with van der Waals surface area (Å²) in [6.07, 6.45) is 0. The molecule has 0 atom stereocenters. The van der Waals surface area contributed by atoms with E-state index in [2.05, 4.69) is 4.98 Å². The Balaban J connectivity index is 0.000000861. The molecule has 0 unspecified atom stereocenters. The molecule has 19 heavy (non-hydrogen) atoms. The van der Waals surface area contributed by atoms with Crippen molar-refractivity contribution in [3.05, 3.63) is 53.7 Å². The molecule has 0 bridgehead atoms. The molecule has 0 saturated heterocycles. The number of hydrogen-bond donors (Lipinski definition) is 1. The van der Waals surface area contributed by atoms with E-state index in [1.165, 1.54) is 6.07 Å². The standard InChI is InChI=1S/C13H11NO3.C2H6/c1-9-7-11(13(15)16)14-12(8-9)17-10-5-3-2-4-6-10;1-2/h2-8H,1H3,(H,15,16);1-2H3. The molecule has 1 aromatic carbocycles. The lowest BCUT2D eigenvalue weighted by Gasteiger charge is -2.06. The van der Waals surface area contributed by atoms with E-state index in [1.807, 2.05) is 32.0 Å². The molecule has 0 saturated carbocycles. The molecule has 100 valence electrons. The SMILES string of the molecule is CC.Cc1cc(Oc2ccccc2)nc(C(=O)O)c1. The largest absolute Gasteiger partial charge is 0.477 e. The fourth-order valence-electron chi connectivity index (χ4n) is 1.41. The second kappa shape index (κ2) is 7.16. The maximum Gasteiger partial charge on any atom is 0.354 e. The Morgan fingerprint density at radius 3 is 2.37 bits per heavy atom. The van der Waals surface area contributed by atoms with Crippen LogP contribution >= 0.6 is 0 Å². The summed E-state index contributed by atoms with van der Waals surface area (Å²) in [5.74, 6) is -0.151. The first-order valence-corrected chi connectivity index (χ1v) is 6.10. The van der Waals surface area contributed by atoms with Crippen LogP contribution in [0.1, 0.15) is 29.9 Å². The van der Waals surface area contributed by atoms with Gasteiger partial charge in [0.05, 0.1) is 0 Å². The Hall–Kier alpha value is -2.36. The van der Waals surface area contributed by atoms with Gasteiger partial charge in [-0.05, 0) is 30.7 Å². The zero-order chi connectivity index (χ0) is 14.3. The zero-order valence-electron chi connectivity index (χ0n) is 11.3. The number of carboxylic acid groups (broad SMARTS) is 1. The molecule has 1 aromatic heterocycles. The second-order valence-corrected chi connectivity index (χ2v) is 3.59. The van der Waals surface area contributed by atoms with Crippen molar-refractivity contribution >= 4 is 5.97 Å². The number of aromatic nitrogens is 1. The number of hydrogen-bond acceptors (Lipinski definition) is 3. The van der Waals surface area contributed by atoms with E-state index >= 15 is 0 Å². The Kier molecular flexibility index (Phi) is 5.54. The van der Waals surface area contributed by atoms with Crippen molar-refractivity contribution in [2.75, 3.05) is 0 Å². The number of aryl methyl sites for hydroxylation is 1. The van der Waals surface area contributed by atoms with Gasteiger partial charge in [-0.1, -0.05) is 32.0 Å². The van der Waals surface area contributed by atoms with Crippen molar-refractivity contribution in [2.24, 2.45) is 0 Å². The van der Waals surface area contributed by atoms with E-state index in [9.17, 15) is 4.79 Å². The normalized spacial score (nSPS) is 9.21. The summed E-state index contributed by atoms with van der Waals surface area (Å²) in [6, 6.07) is 12.3. The Bertz CT molecular complexity index is 538. The summed E-state index contributed by atoms with van der Waals surface area (Å²) in [5, 5.41) is 8.88. The first kappa shape index (κ1) is 14.7. The zero-order valence-corrected chi connectivity index (χ0v) is 11.3. The third kappa shape index (κ3) is 4.43. The number of aromatic carboxylic acids is 1. The molecule has 4 heteroatoms. The third-order valence-electron chi connectivity index (χ3n) is 2.13. The monoisotopic (exact) mass is 259 g/mol. The topological polar surface area (TPSA) is 59.4 Å². The molecule has 0 spiro atoms. The summed E-state index contributed by atoms with van der Waals surface area (Å²) < 4.78 is 5.48. The van der Waals surface area contributed by atoms with Gasteiger partial charge < -0.3 is 9.84 Å². The van der Waals surface area contributed by atoms with Gasteiger partial charge >= 0.3 is 5.97 Å². The molecule has 1 heterocycles. The molecule has 0 amide bonds. The summed E-state index contributed by atoms with van der Waals surface area (Å²) in [7, 11) is 0. The fraction of sp³-hybridized carbons (Fsp3) is 0.200. The molecule has 0 radical (unpaired) electrons. The molecule has 2 rings (SSSR count). The molecule has 0 aliphatic carbocycles. The van der Waals surface area contributed by atoms with Crippen molar-refractivity contribution in [3.8, 4) is 11.6 Å². The van der Waals surface area contributed by atoms with Crippen LogP contribution in [0.2, 0.25) is 0 Å². The molecule has 0 aliphatic rings. The minimum atomic E-state index is -1.06. The average molecular weight is 259 g/mol. The van der Waals surface area contributed by atoms with E-state index in [4.69, 9.17) is 9.84 Å². The van der Waals surface area contributed by atoms with Crippen LogP contribution in [0.3, 0.4) is 0 Å². The third-order valence-corrected chi connectivity index (χ3v) is 2.13. The van der Waals surface area contributed by atoms with E-state index < -0.39 is 5.97 Å². The molecular formula is C15H17NO3. The quantitative estimate of drug-likeness (QED) is 0.907. The van der Waals surface area contributed by atoms with Crippen LogP contribution in [0.25, 0.3) is 0 Å². The van der Waals surface area contributed by atoms with Crippen molar-refractivity contribution in [2.45, 2.75) is 20.8 Å². The number of rotatable bonds is 3. The van der Waals surface area contributed by atoms with Crippen molar-refractivity contribution in [1.29, 1.82) is 0 Å². The summed E-state index contributed by atoms with van der Waals surface area (Å²) in [5.41, 5.74) is 0.777. The van der Waals surface area contributed by atoms with E-state index in [1.54, 1.807) is 25.1 Å². The predicted octanol–water partition coefficient (Wildman–Crippen LogP) is 3.91. The highest BCUT2D eigenvalue weighted by Crippen LogP contribution is 2.20. The van der Waals surface area contributed by atoms with Gasteiger partial charge in [-0.3, -0.25) is 0 Å². The Morgan fingerprint density at radius 1 is 1.16 bits per heavy atom. The maximum atomic E-state index is 10.8. The number of benzene rings is 1. The lowest BCUT2D eigenvalue weighted by Crippen LogP contribution is -2.02. The lowest BCUT2D eigenvalue weighted by atomic mass is 10.2. The van der Waals surface area contributed by atoms with Gasteiger partial charge in [-0.15, -0.1) is 0 Å². The van der Waals surface area contributed by atoms with Crippen LogP contribution in [0.5, 0.6) is 11.6 Å². The minimum Gasteiger partial charge on any atom is -0.477 e. The van der Waals surface area contributed by atoms with Gasteiger partial charge in [0.2, 0.25) is 5.88 Å². The first-order valence-electron chi connectivity index (χ1n) is 6.10. The van der Waals surface area contributed by atoms with Gasteiger partial charge in [0.1, 0.15) is 5.75 Å². The highest BCUT2D eigenvalue weighted by atomic mass is 16.5. The fourth-order valence-corrected chi connectivity index (χ4v) is 1.41. The van der Waals surface area contributed by atoms with Gasteiger partial charge in [-0.2, -0.15) is 0 Å². The number of carboxylic acids is 1. The molecular weight excluding hydrogens is 242 g/mol. The Morgan fingerprint density at radius 2 is 1.79 bits per heavy atom. The number of pyridine rings is 1. The maximum absolute atomic E-state index is 10.8. The molecule has 2 aromatic rings. The van der Waals surface area contributed by atoms with Gasteiger partial charge in [0, 0.05) is 6.07 Å². The minimum absolute atomic E-state index is 0.0177. The Labute approximate surface area is 112 Å². The average Bonchev–Trinajstić information content (AvgIpc) is 2.41. The number of ether oxygens (including phenoxy) is 1. The lowest BCUT2D eigenvalue weighted by molar-refractivity contribution is 0.0689. The summed E-state index contributed by atoms with van der Waals surface area (Å²) in [6.45, 7) is 5.80. The smallest absolute Gasteiger partial charge is 0.354 e. The van der Waals surface area contributed by atoms with Crippen molar-refractivity contribution in [3.63, 3.8) is 0 Å². The highest BCUT2D eigenvalue weighted by Gasteiger charge is 2.08. The first-order chi connectivity index (χ1) is 9.15. The van der Waals surface area contributed by atoms with Crippen LogP contribution in [-0.4, -0.2) is 16.1 Å². The van der Waals surface area contributed by atoms with Gasteiger partial charge in [-0.25, -0.2) is 9.78 Å². The summed E-state index contributed by atoms with van der Waals surface area (Å²) in [4.78, 5) is 14.7. The molecule has 0 aliphatic heterocycles. The second-order valence-electron chi connectivity index (χ2n) is 3.59. The molecule has 0 fully saturated rings. The number of para-hydroxylation sites is 1. The van der Waals surface area contributed by atoms with Gasteiger partial charge in [0.25, 0.3) is 0 Å². The van der Waals surface area contributed by atoms with Gasteiger partial charge in [0.15, 0.2) is 5.69 Å². The van der Waals surface area contributed by atoms with E-state index in [0.717, 1.165) is 5.56 Å². The molecule has 1 N–H and O–H groups in total. The van der Waals surface area contributed by atoms with E-state index in [0.29, 0.717) is 5.75 Å². The predicted molar refractivity (Wildman–Crippen MR) is 73.8 cm³/mol. The highest BCUT2D eigenvalue weighted by molar-refractivity contribution is 5.85.